The summed E-state index contributed by atoms with van der Waals surface area (Å²) in [6, 6.07) is 40.5. The van der Waals surface area contributed by atoms with Gasteiger partial charge in [0.05, 0.1) is 34.7 Å². The van der Waals surface area contributed by atoms with Crippen LogP contribution in [0.2, 0.25) is 0 Å². The topological polar surface area (TPSA) is 12.5 Å². The standard InChI is InChI=1S/C34H25N3/c1-34(2)26-14-6-10-18-31(26)36(32-19-11-7-15-27(32)34)23-20-21-28(35-3)33(22-23)37-29-16-8-4-12-24(29)25-13-5-9-17-30(25)37/h4-22H,1-2H3. The van der Waals surface area contributed by atoms with Crippen LogP contribution < -0.4 is 4.90 Å². The molecule has 37 heavy (non-hydrogen) atoms. The van der Waals surface area contributed by atoms with Crippen LogP contribution in [-0.4, -0.2) is 4.57 Å². The molecule has 7 rings (SSSR count). The summed E-state index contributed by atoms with van der Waals surface area (Å²) in [5, 5.41) is 2.38. The summed E-state index contributed by atoms with van der Waals surface area (Å²) in [5.41, 5.74) is 9.60. The van der Waals surface area contributed by atoms with Crippen molar-refractivity contribution in [3.8, 4) is 5.69 Å². The van der Waals surface area contributed by atoms with Gasteiger partial charge in [0, 0.05) is 21.9 Å². The number of benzene rings is 5. The molecule has 0 amide bonds. The van der Waals surface area contributed by atoms with Gasteiger partial charge >= 0.3 is 0 Å². The van der Waals surface area contributed by atoms with Gasteiger partial charge < -0.3 is 9.47 Å². The van der Waals surface area contributed by atoms with Crippen molar-refractivity contribution in [2.45, 2.75) is 19.3 Å². The molecule has 0 aliphatic carbocycles. The second-order valence-corrected chi connectivity index (χ2v) is 10.1. The summed E-state index contributed by atoms with van der Waals surface area (Å²) in [7, 11) is 0. The summed E-state index contributed by atoms with van der Waals surface area (Å²) in [6.45, 7) is 12.6. The fraction of sp³-hybridized carbons (Fsp3) is 0.0882. The predicted molar refractivity (Wildman–Crippen MR) is 154 cm³/mol. The fourth-order valence-corrected chi connectivity index (χ4v) is 6.05. The number of fused-ring (bicyclic) bond motifs is 5. The maximum atomic E-state index is 8.00. The highest BCUT2D eigenvalue weighted by Gasteiger charge is 2.36. The van der Waals surface area contributed by atoms with Gasteiger partial charge in [0.15, 0.2) is 0 Å². The van der Waals surface area contributed by atoms with Crippen LogP contribution in [0.15, 0.2) is 115 Å². The van der Waals surface area contributed by atoms with Crippen LogP contribution in [0, 0.1) is 6.57 Å². The first-order valence-electron chi connectivity index (χ1n) is 12.6. The molecule has 0 radical (unpaired) electrons. The van der Waals surface area contributed by atoms with Crippen LogP contribution >= 0.6 is 0 Å². The van der Waals surface area contributed by atoms with Crippen molar-refractivity contribution in [3.05, 3.63) is 138 Å². The van der Waals surface area contributed by atoms with E-state index in [4.69, 9.17) is 6.57 Å². The van der Waals surface area contributed by atoms with Crippen molar-refractivity contribution in [1.82, 2.24) is 4.57 Å². The predicted octanol–water partition coefficient (Wildman–Crippen LogP) is 9.44. The minimum atomic E-state index is -0.115. The van der Waals surface area contributed by atoms with E-state index in [2.05, 4.69) is 137 Å². The fourth-order valence-electron chi connectivity index (χ4n) is 6.05. The van der Waals surface area contributed by atoms with Crippen LogP contribution in [0.4, 0.5) is 22.7 Å². The lowest BCUT2D eigenvalue weighted by Crippen LogP contribution is -2.30. The quantitative estimate of drug-likeness (QED) is 0.227. The van der Waals surface area contributed by atoms with E-state index >= 15 is 0 Å². The number of anilines is 3. The third-order valence-electron chi connectivity index (χ3n) is 7.80. The molecular formula is C34H25N3. The Morgan fingerprint density at radius 2 is 1.11 bits per heavy atom. The van der Waals surface area contributed by atoms with Crippen LogP contribution in [-0.2, 0) is 5.41 Å². The third kappa shape index (κ3) is 3.00. The first-order valence-corrected chi connectivity index (χ1v) is 12.6. The molecule has 0 bridgehead atoms. The summed E-state index contributed by atoms with van der Waals surface area (Å²) in [4.78, 5) is 6.30. The zero-order chi connectivity index (χ0) is 25.1. The molecule has 3 nitrogen and oxygen atoms in total. The van der Waals surface area contributed by atoms with Crippen LogP contribution in [0.5, 0.6) is 0 Å². The van der Waals surface area contributed by atoms with Crippen molar-refractivity contribution in [2.75, 3.05) is 4.90 Å². The number of para-hydroxylation sites is 4. The van der Waals surface area contributed by atoms with E-state index in [1.54, 1.807) is 0 Å². The van der Waals surface area contributed by atoms with Crippen LogP contribution in [0.1, 0.15) is 25.0 Å². The van der Waals surface area contributed by atoms with Crippen molar-refractivity contribution < 1.29 is 0 Å². The maximum absolute atomic E-state index is 8.00. The number of nitrogens with zero attached hydrogens (tertiary/aromatic N) is 3. The van der Waals surface area contributed by atoms with Gasteiger partial charge in [-0.05, 0) is 47.5 Å². The molecule has 0 atom stereocenters. The Morgan fingerprint density at radius 1 is 0.595 bits per heavy atom. The molecule has 0 spiro atoms. The highest BCUT2D eigenvalue weighted by atomic mass is 15.2. The smallest absolute Gasteiger partial charge is 0.210 e. The zero-order valence-electron chi connectivity index (χ0n) is 20.8. The summed E-state index contributed by atoms with van der Waals surface area (Å²) < 4.78 is 2.24. The minimum absolute atomic E-state index is 0.115. The number of aromatic nitrogens is 1. The second-order valence-electron chi connectivity index (χ2n) is 10.1. The molecule has 0 saturated heterocycles. The molecule has 0 unspecified atom stereocenters. The number of rotatable bonds is 2. The van der Waals surface area contributed by atoms with Gasteiger partial charge in [-0.1, -0.05) is 92.7 Å². The van der Waals surface area contributed by atoms with Gasteiger partial charge in [0.2, 0.25) is 5.69 Å². The lowest BCUT2D eigenvalue weighted by Gasteiger charge is -2.42. The Bertz CT molecular complexity index is 1780. The third-order valence-corrected chi connectivity index (χ3v) is 7.80. The average Bonchev–Trinajstić information content (AvgIpc) is 3.27. The lowest BCUT2D eigenvalue weighted by molar-refractivity contribution is 0.632. The van der Waals surface area contributed by atoms with Crippen molar-refractivity contribution in [1.29, 1.82) is 0 Å². The average molecular weight is 476 g/mol. The first-order chi connectivity index (χ1) is 18.1. The molecular weight excluding hydrogens is 450 g/mol. The highest BCUT2D eigenvalue weighted by Crippen LogP contribution is 2.52. The maximum Gasteiger partial charge on any atom is 0.210 e. The lowest BCUT2D eigenvalue weighted by atomic mass is 9.73. The molecule has 0 N–H and O–H groups in total. The largest absolute Gasteiger partial charge is 0.319 e. The summed E-state index contributed by atoms with van der Waals surface area (Å²) in [6.07, 6.45) is 0. The van der Waals surface area contributed by atoms with Gasteiger partial charge in [0.1, 0.15) is 0 Å². The minimum Gasteiger partial charge on any atom is -0.319 e. The van der Waals surface area contributed by atoms with Gasteiger partial charge in [-0.2, -0.15) is 0 Å². The van der Waals surface area contributed by atoms with Gasteiger partial charge in [-0.3, -0.25) is 0 Å². The SMILES string of the molecule is [C-]#[N+]c1ccc(N2c3ccccc3C(C)(C)c3ccccc32)cc1-n1c2ccccc2c2ccccc21. The zero-order valence-corrected chi connectivity index (χ0v) is 20.8. The van der Waals surface area contributed by atoms with E-state index in [0.717, 1.165) is 22.4 Å². The highest BCUT2D eigenvalue weighted by molar-refractivity contribution is 6.09. The molecule has 1 aliphatic heterocycles. The molecule has 3 heteroatoms. The molecule has 2 heterocycles. The Hall–Kier alpha value is -4.81. The Balaban J connectivity index is 1.54. The van der Waals surface area contributed by atoms with Gasteiger partial charge in [-0.15, -0.1) is 0 Å². The van der Waals surface area contributed by atoms with E-state index in [0.29, 0.717) is 5.69 Å². The number of hydrogen-bond acceptors (Lipinski definition) is 1. The van der Waals surface area contributed by atoms with E-state index in [1.807, 2.05) is 6.07 Å². The normalized spacial score (nSPS) is 13.8. The summed E-state index contributed by atoms with van der Waals surface area (Å²) >= 11 is 0. The second kappa shape index (κ2) is 7.85. The van der Waals surface area contributed by atoms with E-state index in [-0.39, 0.29) is 5.41 Å². The molecule has 6 aromatic rings. The van der Waals surface area contributed by atoms with Crippen LogP contribution in [0.25, 0.3) is 32.3 Å². The van der Waals surface area contributed by atoms with Gasteiger partial charge in [0.25, 0.3) is 0 Å². The summed E-state index contributed by atoms with van der Waals surface area (Å²) in [5.74, 6) is 0. The van der Waals surface area contributed by atoms with E-state index < -0.39 is 0 Å². The Kier molecular flexibility index (Phi) is 4.55. The monoisotopic (exact) mass is 475 g/mol. The molecule has 5 aromatic carbocycles. The molecule has 176 valence electrons. The van der Waals surface area contributed by atoms with E-state index in [1.165, 1.54) is 33.3 Å². The van der Waals surface area contributed by atoms with Gasteiger partial charge in [-0.25, -0.2) is 4.85 Å². The molecule has 0 fully saturated rings. The van der Waals surface area contributed by atoms with Crippen molar-refractivity contribution in [3.63, 3.8) is 0 Å². The first kappa shape index (κ1) is 21.5. The Morgan fingerprint density at radius 3 is 1.68 bits per heavy atom. The van der Waals surface area contributed by atoms with Crippen molar-refractivity contribution in [2.24, 2.45) is 0 Å². The molecule has 1 aliphatic rings. The molecule has 1 aromatic heterocycles. The Labute approximate surface area is 216 Å². The number of hydrogen-bond donors (Lipinski definition) is 0. The van der Waals surface area contributed by atoms with Crippen molar-refractivity contribution >= 4 is 44.6 Å². The molecule has 0 saturated carbocycles. The van der Waals surface area contributed by atoms with E-state index in [9.17, 15) is 0 Å². The van der Waals surface area contributed by atoms with Crippen LogP contribution in [0.3, 0.4) is 0 Å².